The van der Waals surface area contributed by atoms with Crippen LogP contribution in [0.5, 0.6) is 0 Å². The zero-order valence-electron chi connectivity index (χ0n) is 21.0. The number of nitrogens with one attached hydrogen (secondary N) is 1. The molecule has 38 heavy (non-hydrogen) atoms. The van der Waals surface area contributed by atoms with Crippen molar-refractivity contribution in [3.8, 4) is 16.9 Å². The Morgan fingerprint density at radius 3 is 2.71 bits per heavy atom. The molecule has 2 saturated heterocycles. The lowest BCUT2D eigenvalue weighted by atomic mass is 10.1. The number of aromatic nitrogens is 4. The molecule has 0 radical (unpaired) electrons. The van der Waals surface area contributed by atoms with E-state index in [0.717, 1.165) is 26.1 Å². The van der Waals surface area contributed by atoms with Gasteiger partial charge in [-0.1, -0.05) is 5.21 Å². The molecule has 10 heteroatoms. The standard InChI is InChI=1S/C28H29FN6O3/c29-21-5-8-25-20(15-21)16-24(27(36)30-25)26-18-35(32-31-26)22-6-3-19(4-7-22)28(37)34-12-9-23(17-34)38-14-13-33-10-1-2-11-33/h3-8,15-16,18,23H,1-2,9-14,17H2,(H,30,36). The molecule has 2 aromatic heterocycles. The minimum Gasteiger partial charge on any atom is -0.375 e. The molecule has 4 aromatic rings. The van der Waals surface area contributed by atoms with Crippen molar-refractivity contribution in [1.29, 1.82) is 0 Å². The fourth-order valence-electron chi connectivity index (χ4n) is 5.22. The predicted molar refractivity (Wildman–Crippen MR) is 141 cm³/mol. The maximum Gasteiger partial charge on any atom is 0.258 e. The number of pyridine rings is 1. The number of amides is 1. The summed E-state index contributed by atoms with van der Waals surface area (Å²) in [5.41, 5.74) is 2.18. The molecule has 0 aliphatic carbocycles. The van der Waals surface area contributed by atoms with Gasteiger partial charge in [-0.05, 0) is 80.9 Å². The highest BCUT2D eigenvalue weighted by atomic mass is 19.1. The van der Waals surface area contributed by atoms with Crippen molar-refractivity contribution < 1.29 is 13.9 Å². The van der Waals surface area contributed by atoms with Crippen molar-refractivity contribution in [3.05, 3.63) is 76.5 Å². The Balaban J connectivity index is 1.10. The Morgan fingerprint density at radius 1 is 1.08 bits per heavy atom. The number of halogens is 1. The summed E-state index contributed by atoms with van der Waals surface area (Å²) in [6, 6.07) is 12.9. The van der Waals surface area contributed by atoms with Crippen LogP contribution in [0.15, 0.2) is 59.5 Å². The highest BCUT2D eigenvalue weighted by Crippen LogP contribution is 2.21. The third-order valence-electron chi connectivity index (χ3n) is 7.35. The molecule has 9 nitrogen and oxygen atoms in total. The van der Waals surface area contributed by atoms with Crippen LogP contribution in [0.4, 0.5) is 4.39 Å². The second-order valence-electron chi connectivity index (χ2n) is 9.92. The van der Waals surface area contributed by atoms with Gasteiger partial charge in [0.2, 0.25) is 0 Å². The number of carbonyl (C=O) groups excluding carboxylic acids is 1. The van der Waals surface area contributed by atoms with Crippen LogP contribution in [-0.2, 0) is 4.74 Å². The summed E-state index contributed by atoms with van der Waals surface area (Å²) in [5, 5.41) is 8.85. The molecule has 2 aliphatic rings. The minimum atomic E-state index is -0.386. The summed E-state index contributed by atoms with van der Waals surface area (Å²) in [4.78, 5) is 32.6. The molecular formula is C28H29FN6O3. The van der Waals surface area contributed by atoms with Crippen molar-refractivity contribution in [2.24, 2.45) is 0 Å². The summed E-state index contributed by atoms with van der Waals surface area (Å²) in [6.07, 6.45) is 5.12. The number of likely N-dealkylation sites (tertiary alicyclic amines) is 2. The normalized spacial score (nSPS) is 18.0. The Morgan fingerprint density at radius 2 is 1.89 bits per heavy atom. The van der Waals surface area contributed by atoms with E-state index in [1.54, 1.807) is 41.2 Å². The number of nitrogens with zero attached hydrogens (tertiary/aromatic N) is 5. The molecule has 1 atom stereocenters. The molecule has 4 heterocycles. The topological polar surface area (TPSA) is 96.3 Å². The second-order valence-corrected chi connectivity index (χ2v) is 9.92. The van der Waals surface area contributed by atoms with Gasteiger partial charge in [0, 0.05) is 36.1 Å². The van der Waals surface area contributed by atoms with Crippen LogP contribution >= 0.6 is 0 Å². The molecule has 196 valence electrons. The molecule has 0 spiro atoms. The molecule has 6 rings (SSSR count). The van der Waals surface area contributed by atoms with Crippen molar-refractivity contribution in [1.82, 2.24) is 29.8 Å². The summed E-state index contributed by atoms with van der Waals surface area (Å²) < 4.78 is 21.2. The fourth-order valence-corrected chi connectivity index (χ4v) is 5.22. The lowest BCUT2D eigenvalue weighted by molar-refractivity contribution is 0.0437. The molecule has 1 amide bonds. The van der Waals surface area contributed by atoms with E-state index in [4.69, 9.17) is 4.74 Å². The minimum absolute atomic E-state index is 0.0172. The Kier molecular flexibility index (Phi) is 6.73. The number of carbonyl (C=O) groups is 1. The average Bonchev–Trinajstić information content (AvgIpc) is 3.71. The lowest BCUT2D eigenvalue weighted by Crippen LogP contribution is -2.31. The highest BCUT2D eigenvalue weighted by molar-refractivity contribution is 5.94. The largest absolute Gasteiger partial charge is 0.375 e. The van der Waals surface area contributed by atoms with Gasteiger partial charge in [-0.3, -0.25) is 9.59 Å². The van der Waals surface area contributed by atoms with Gasteiger partial charge in [0.15, 0.2) is 0 Å². The molecule has 0 bridgehead atoms. The van der Waals surface area contributed by atoms with E-state index in [0.29, 0.717) is 53.1 Å². The SMILES string of the molecule is O=C(c1ccc(-n2cc(-c3cc4cc(F)ccc4[nH]c3=O)nn2)cc1)N1CCC(OCCN2CCCC2)C1. The molecular weight excluding hydrogens is 487 g/mol. The highest BCUT2D eigenvalue weighted by Gasteiger charge is 2.27. The zero-order chi connectivity index (χ0) is 26.1. The van der Waals surface area contributed by atoms with Crippen LogP contribution in [-0.4, -0.2) is 81.1 Å². The van der Waals surface area contributed by atoms with E-state index in [-0.39, 0.29) is 23.4 Å². The van der Waals surface area contributed by atoms with Gasteiger partial charge >= 0.3 is 0 Å². The number of H-pyrrole nitrogens is 1. The monoisotopic (exact) mass is 516 g/mol. The average molecular weight is 517 g/mol. The predicted octanol–water partition coefficient (Wildman–Crippen LogP) is 3.24. The number of aromatic amines is 1. The van der Waals surface area contributed by atoms with Gasteiger partial charge in [0.1, 0.15) is 11.5 Å². The fraction of sp³-hybridized carbons (Fsp3) is 0.357. The van der Waals surface area contributed by atoms with E-state index in [1.807, 2.05) is 4.90 Å². The van der Waals surface area contributed by atoms with Crippen LogP contribution in [0, 0.1) is 5.82 Å². The van der Waals surface area contributed by atoms with Gasteiger partial charge in [-0.25, -0.2) is 9.07 Å². The zero-order valence-corrected chi connectivity index (χ0v) is 21.0. The first kappa shape index (κ1) is 24.4. The summed E-state index contributed by atoms with van der Waals surface area (Å²) in [7, 11) is 0. The van der Waals surface area contributed by atoms with Gasteiger partial charge in [-0.2, -0.15) is 0 Å². The molecule has 1 N–H and O–H groups in total. The number of fused-ring (bicyclic) bond motifs is 1. The molecule has 2 aromatic carbocycles. The number of rotatable bonds is 7. The number of ether oxygens (including phenoxy) is 1. The summed E-state index contributed by atoms with van der Waals surface area (Å²) in [5.74, 6) is -0.403. The Labute approximate surface area is 218 Å². The first-order valence-corrected chi connectivity index (χ1v) is 13.0. The first-order valence-electron chi connectivity index (χ1n) is 13.0. The van der Waals surface area contributed by atoms with E-state index in [9.17, 15) is 14.0 Å². The Bertz CT molecular complexity index is 1510. The van der Waals surface area contributed by atoms with Crippen LogP contribution in [0.2, 0.25) is 0 Å². The maximum absolute atomic E-state index is 13.6. The molecule has 1 unspecified atom stereocenters. The molecule has 0 saturated carbocycles. The van der Waals surface area contributed by atoms with E-state index in [2.05, 4.69) is 20.2 Å². The second kappa shape index (κ2) is 10.5. The van der Waals surface area contributed by atoms with E-state index in [1.165, 1.54) is 31.0 Å². The number of benzene rings is 2. The molecule has 2 aliphatic heterocycles. The van der Waals surface area contributed by atoms with Crippen LogP contribution in [0.25, 0.3) is 27.8 Å². The van der Waals surface area contributed by atoms with Gasteiger partial charge in [0.05, 0.1) is 30.2 Å². The van der Waals surface area contributed by atoms with E-state index >= 15 is 0 Å². The van der Waals surface area contributed by atoms with Crippen molar-refractivity contribution in [2.45, 2.75) is 25.4 Å². The van der Waals surface area contributed by atoms with Crippen LogP contribution in [0.1, 0.15) is 29.6 Å². The summed E-state index contributed by atoms with van der Waals surface area (Å²) >= 11 is 0. The van der Waals surface area contributed by atoms with Crippen LogP contribution in [0.3, 0.4) is 0 Å². The van der Waals surface area contributed by atoms with Crippen molar-refractivity contribution in [3.63, 3.8) is 0 Å². The van der Waals surface area contributed by atoms with Crippen molar-refractivity contribution >= 4 is 16.8 Å². The first-order chi connectivity index (χ1) is 18.5. The quantitative estimate of drug-likeness (QED) is 0.405. The van der Waals surface area contributed by atoms with E-state index < -0.39 is 0 Å². The maximum atomic E-state index is 13.6. The van der Waals surface area contributed by atoms with Gasteiger partial charge < -0.3 is 19.5 Å². The summed E-state index contributed by atoms with van der Waals surface area (Å²) in [6.45, 7) is 5.29. The van der Waals surface area contributed by atoms with Gasteiger partial charge in [-0.15, -0.1) is 5.10 Å². The smallest absolute Gasteiger partial charge is 0.258 e. The van der Waals surface area contributed by atoms with Crippen molar-refractivity contribution in [2.75, 3.05) is 39.3 Å². The van der Waals surface area contributed by atoms with Gasteiger partial charge in [0.25, 0.3) is 11.5 Å². The third-order valence-corrected chi connectivity index (χ3v) is 7.35. The number of hydrogen-bond donors (Lipinski definition) is 1. The van der Waals surface area contributed by atoms with Crippen LogP contribution < -0.4 is 5.56 Å². The number of hydrogen-bond acceptors (Lipinski definition) is 6. The molecule has 2 fully saturated rings. The Hall–Kier alpha value is -3.89. The third kappa shape index (κ3) is 5.09. The lowest BCUT2D eigenvalue weighted by Gasteiger charge is -2.19.